The zero-order valence-corrected chi connectivity index (χ0v) is 7.96. The predicted octanol–water partition coefficient (Wildman–Crippen LogP) is 2.28. The molecule has 1 fully saturated rings. The summed E-state index contributed by atoms with van der Waals surface area (Å²) in [5.41, 5.74) is 1.16. The van der Waals surface area contributed by atoms with E-state index >= 15 is 0 Å². The van der Waals surface area contributed by atoms with Crippen LogP contribution in [0, 0.1) is 5.82 Å². The molecule has 2 rings (SSSR count). The number of nitrogens with one attached hydrogen (secondary N) is 1. The number of rotatable bonds is 3. The molecule has 0 bridgehead atoms. The summed E-state index contributed by atoms with van der Waals surface area (Å²) in [6, 6.07) is 5.24. The zero-order chi connectivity index (χ0) is 9.97. The number of anilines is 1. The fourth-order valence-electron chi connectivity index (χ4n) is 1.55. The molecule has 0 heterocycles. The molecule has 0 saturated heterocycles. The van der Waals surface area contributed by atoms with Crippen molar-refractivity contribution in [3.63, 3.8) is 0 Å². The predicted molar refractivity (Wildman–Crippen MR) is 53.6 cm³/mol. The van der Waals surface area contributed by atoms with Crippen LogP contribution in [0.15, 0.2) is 18.2 Å². The van der Waals surface area contributed by atoms with Gasteiger partial charge in [-0.15, -0.1) is 0 Å². The quantitative estimate of drug-likeness (QED) is 0.775. The Morgan fingerprint density at radius 3 is 2.71 bits per heavy atom. The number of hydrogen-bond acceptors (Lipinski definition) is 2. The van der Waals surface area contributed by atoms with Gasteiger partial charge in [0.05, 0.1) is 12.3 Å². The average Bonchev–Trinajstić information content (AvgIpc) is 2.13. The lowest BCUT2D eigenvalue weighted by atomic mass is 9.93. The lowest BCUT2D eigenvalue weighted by Crippen LogP contribution is -2.27. The molecule has 0 amide bonds. The molecule has 1 aliphatic rings. The smallest absolute Gasteiger partial charge is 0.146 e. The number of aliphatic hydroxyl groups excluding tert-OH is 1. The number of hydrogen-bond donors (Lipinski definition) is 2. The van der Waals surface area contributed by atoms with Crippen LogP contribution in [0.2, 0.25) is 0 Å². The number of aliphatic hydroxyl groups is 1. The molecule has 0 atom stereocenters. The van der Waals surface area contributed by atoms with E-state index in [4.69, 9.17) is 5.11 Å². The highest BCUT2D eigenvalue weighted by Gasteiger charge is 2.18. The first-order valence-electron chi connectivity index (χ1n) is 4.95. The third kappa shape index (κ3) is 1.87. The second kappa shape index (κ2) is 3.96. The highest BCUT2D eigenvalue weighted by Crippen LogP contribution is 2.25. The lowest BCUT2D eigenvalue weighted by Gasteiger charge is -2.27. The Bertz CT molecular complexity index is 323. The van der Waals surface area contributed by atoms with Gasteiger partial charge in [-0.1, -0.05) is 6.07 Å². The molecule has 1 saturated carbocycles. The molecule has 1 aliphatic carbocycles. The molecule has 2 N–H and O–H groups in total. The fourth-order valence-corrected chi connectivity index (χ4v) is 1.55. The number of benzene rings is 1. The fraction of sp³-hybridized carbons (Fsp3) is 0.455. The maximum Gasteiger partial charge on any atom is 0.146 e. The normalized spacial score (nSPS) is 16.4. The van der Waals surface area contributed by atoms with Crippen LogP contribution in [0.5, 0.6) is 0 Å². The molecule has 3 heteroatoms. The van der Waals surface area contributed by atoms with Gasteiger partial charge in [0, 0.05) is 6.04 Å². The molecule has 76 valence electrons. The van der Waals surface area contributed by atoms with E-state index in [1.165, 1.54) is 12.5 Å². The minimum absolute atomic E-state index is 0.110. The van der Waals surface area contributed by atoms with Crippen molar-refractivity contribution in [3.05, 3.63) is 29.6 Å². The molecule has 0 aromatic heterocycles. The largest absolute Gasteiger partial charge is 0.392 e. The van der Waals surface area contributed by atoms with Crippen LogP contribution in [0.1, 0.15) is 24.8 Å². The minimum Gasteiger partial charge on any atom is -0.392 e. The van der Waals surface area contributed by atoms with Crippen LogP contribution < -0.4 is 5.32 Å². The monoisotopic (exact) mass is 195 g/mol. The van der Waals surface area contributed by atoms with Gasteiger partial charge in [0.15, 0.2) is 0 Å². The summed E-state index contributed by atoms with van der Waals surface area (Å²) in [6.45, 7) is -0.110. The van der Waals surface area contributed by atoms with Gasteiger partial charge in [-0.25, -0.2) is 4.39 Å². The van der Waals surface area contributed by atoms with Crippen LogP contribution in [0.25, 0.3) is 0 Å². The summed E-state index contributed by atoms with van der Waals surface area (Å²) in [5, 5.41) is 11.9. The topological polar surface area (TPSA) is 32.3 Å². The Morgan fingerprint density at radius 1 is 1.43 bits per heavy atom. The van der Waals surface area contributed by atoms with Gasteiger partial charge in [0.1, 0.15) is 5.82 Å². The molecular weight excluding hydrogens is 181 g/mol. The van der Waals surface area contributed by atoms with Crippen LogP contribution >= 0.6 is 0 Å². The number of halogens is 1. The highest BCUT2D eigenvalue weighted by atomic mass is 19.1. The van der Waals surface area contributed by atoms with Crippen molar-refractivity contribution in [3.8, 4) is 0 Å². The molecule has 0 unspecified atom stereocenters. The Labute approximate surface area is 82.8 Å². The summed E-state index contributed by atoms with van der Waals surface area (Å²) < 4.78 is 13.4. The summed E-state index contributed by atoms with van der Waals surface area (Å²) in [4.78, 5) is 0. The van der Waals surface area contributed by atoms with E-state index in [0.29, 0.717) is 17.3 Å². The minimum atomic E-state index is -0.275. The second-order valence-electron chi connectivity index (χ2n) is 3.74. The zero-order valence-electron chi connectivity index (χ0n) is 7.96. The van der Waals surface area contributed by atoms with Crippen molar-refractivity contribution in [1.29, 1.82) is 0 Å². The van der Waals surface area contributed by atoms with Gasteiger partial charge in [-0.2, -0.15) is 0 Å². The molecule has 1 aromatic rings. The Balaban J connectivity index is 2.09. The molecule has 1 aromatic carbocycles. The van der Waals surface area contributed by atoms with E-state index in [1.807, 2.05) is 0 Å². The van der Waals surface area contributed by atoms with Gasteiger partial charge in [0.25, 0.3) is 0 Å². The van der Waals surface area contributed by atoms with Crippen molar-refractivity contribution >= 4 is 5.69 Å². The maximum atomic E-state index is 13.4. The first-order valence-corrected chi connectivity index (χ1v) is 4.95. The van der Waals surface area contributed by atoms with Gasteiger partial charge in [-0.05, 0) is 37.0 Å². The summed E-state index contributed by atoms with van der Waals surface area (Å²) in [7, 11) is 0. The van der Waals surface area contributed by atoms with E-state index in [0.717, 1.165) is 12.8 Å². The SMILES string of the molecule is OCc1ccc(NC2CCC2)c(F)c1. The van der Waals surface area contributed by atoms with E-state index in [1.54, 1.807) is 12.1 Å². The van der Waals surface area contributed by atoms with E-state index < -0.39 is 0 Å². The molecule has 14 heavy (non-hydrogen) atoms. The Morgan fingerprint density at radius 2 is 2.21 bits per heavy atom. The maximum absolute atomic E-state index is 13.4. The summed E-state index contributed by atoms with van der Waals surface area (Å²) >= 11 is 0. The highest BCUT2D eigenvalue weighted by molar-refractivity contribution is 5.47. The molecule has 0 radical (unpaired) electrons. The van der Waals surface area contributed by atoms with Crippen LogP contribution in [-0.2, 0) is 6.61 Å². The molecule has 0 aliphatic heterocycles. The third-order valence-corrected chi connectivity index (χ3v) is 2.68. The third-order valence-electron chi connectivity index (χ3n) is 2.68. The summed E-state index contributed by atoms with van der Waals surface area (Å²) in [5.74, 6) is -0.275. The van der Waals surface area contributed by atoms with Crippen molar-refractivity contribution in [2.45, 2.75) is 31.9 Å². The van der Waals surface area contributed by atoms with Gasteiger partial charge in [0.2, 0.25) is 0 Å². The van der Waals surface area contributed by atoms with E-state index in [9.17, 15) is 4.39 Å². The van der Waals surface area contributed by atoms with E-state index in [-0.39, 0.29) is 12.4 Å². The Kier molecular flexibility index (Phi) is 2.68. The van der Waals surface area contributed by atoms with Crippen molar-refractivity contribution in [2.24, 2.45) is 0 Å². The van der Waals surface area contributed by atoms with Gasteiger partial charge < -0.3 is 10.4 Å². The summed E-state index contributed by atoms with van der Waals surface area (Å²) in [6.07, 6.45) is 3.48. The molecule has 0 spiro atoms. The van der Waals surface area contributed by atoms with Gasteiger partial charge >= 0.3 is 0 Å². The van der Waals surface area contributed by atoms with Gasteiger partial charge in [-0.3, -0.25) is 0 Å². The van der Waals surface area contributed by atoms with E-state index in [2.05, 4.69) is 5.32 Å². The van der Waals surface area contributed by atoms with Crippen LogP contribution in [-0.4, -0.2) is 11.1 Å². The lowest BCUT2D eigenvalue weighted by molar-refractivity contribution is 0.281. The molecule has 2 nitrogen and oxygen atoms in total. The standard InChI is InChI=1S/C11H14FNO/c12-10-6-8(7-14)4-5-11(10)13-9-2-1-3-9/h4-6,9,13-14H,1-3,7H2. The van der Waals surface area contributed by atoms with Crippen LogP contribution in [0.4, 0.5) is 10.1 Å². The Hall–Kier alpha value is -1.09. The average molecular weight is 195 g/mol. The first-order chi connectivity index (χ1) is 6.79. The first kappa shape index (κ1) is 9.46. The van der Waals surface area contributed by atoms with Crippen molar-refractivity contribution in [2.75, 3.05) is 5.32 Å². The molecular formula is C11H14FNO. The van der Waals surface area contributed by atoms with Crippen molar-refractivity contribution in [1.82, 2.24) is 0 Å². The van der Waals surface area contributed by atoms with Crippen LogP contribution in [0.3, 0.4) is 0 Å². The van der Waals surface area contributed by atoms with Crippen molar-refractivity contribution < 1.29 is 9.50 Å². The second-order valence-corrected chi connectivity index (χ2v) is 3.74.